The fourth-order valence-corrected chi connectivity index (χ4v) is 3.21. The van der Waals surface area contributed by atoms with E-state index in [1.165, 1.54) is 6.20 Å². The molecule has 0 aliphatic carbocycles. The standard InChI is InChI=1S/C23H25N5O4/c29-20(12-16-6-8-18(9-7-16)17-4-2-1-3-5-17)14-24-13-19(10-11-22(30)31)26-23(32)21-15-25-28-27-21/h1-9,15,19,24H,10-14H2,(H,26,32)(H,30,31)(H,25,27,28)/t19-/m1/s1. The first-order chi connectivity index (χ1) is 15.5. The topological polar surface area (TPSA) is 137 Å². The van der Waals surface area contributed by atoms with E-state index in [2.05, 4.69) is 26.0 Å². The third-order valence-electron chi connectivity index (χ3n) is 4.86. The number of hydrogen-bond donors (Lipinski definition) is 4. The molecule has 9 nitrogen and oxygen atoms in total. The maximum atomic E-state index is 12.4. The summed E-state index contributed by atoms with van der Waals surface area (Å²) in [6.07, 6.45) is 1.69. The lowest BCUT2D eigenvalue weighted by Crippen LogP contribution is -2.43. The number of carboxylic acid groups (broad SMARTS) is 1. The second kappa shape index (κ2) is 11.5. The molecular formula is C23H25N5O4. The van der Waals surface area contributed by atoms with Crippen molar-refractivity contribution in [3.8, 4) is 11.1 Å². The fourth-order valence-electron chi connectivity index (χ4n) is 3.21. The number of amides is 1. The molecule has 0 aliphatic heterocycles. The molecule has 0 radical (unpaired) electrons. The largest absolute Gasteiger partial charge is 0.481 e. The molecule has 1 heterocycles. The van der Waals surface area contributed by atoms with Gasteiger partial charge in [0, 0.05) is 25.4 Å². The number of carboxylic acids is 1. The molecular weight excluding hydrogens is 410 g/mol. The van der Waals surface area contributed by atoms with Gasteiger partial charge in [0.25, 0.3) is 5.91 Å². The van der Waals surface area contributed by atoms with Crippen molar-refractivity contribution in [2.45, 2.75) is 25.3 Å². The monoisotopic (exact) mass is 435 g/mol. The number of hydrogen-bond acceptors (Lipinski definition) is 6. The highest BCUT2D eigenvalue weighted by Crippen LogP contribution is 2.19. The number of nitrogens with one attached hydrogen (secondary N) is 3. The highest BCUT2D eigenvalue weighted by molar-refractivity contribution is 5.92. The number of rotatable bonds is 12. The molecule has 32 heavy (non-hydrogen) atoms. The van der Waals surface area contributed by atoms with Gasteiger partial charge in [-0.05, 0) is 23.1 Å². The third kappa shape index (κ3) is 7.13. The average molecular weight is 435 g/mol. The van der Waals surface area contributed by atoms with Gasteiger partial charge >= 0.3 is 5.97 Å². The Morgan fingerprint density at radius 2 is 1.72 bits per heavy atom. The van der Waals surface area contributed by atoms with Gasteiger partial charge in [-0.25, -0.2) is 0 Å². The predicted octanol–water partition coefficient (Wildman–Crippen LogP) is 1.84. The predicted molar refractivity (Wildman–Crippen MR) is 118 cm³/mol. The van der Waals surface area contributed by atoms with Crippen molar-refractivity contribution in [3.63, 3.8) is 0 Å². The summed E-state index contributed by atoms with van der Waals surface area (Å²) in [5.74, 6) is -1.42. The lowest BCUT2D eigenvalue weighted by Gasteiger charge is -2.18. The quantitative estimate of drug-likeness (QED) is 0.341. The van der Waals surface area contributed by atoms with Crippen LogP contribution in [0.25, 0.3) is 11.1 Å². The van der Waals surface area contributed by atoms with Crippen LogP contribution in [0.3, 0.4) is 0 Å². The molecule has 1 amide bonds. The van der Waals surface area contributed by atoms with E-state index in [4.69, 9.17) is 5.11 Å². The molecule has 0 bridgehead atoms. The molecule has 0 saturated heterocycles. The zero-order valence-corrected chi connectivity index (χ0v) is 17.5. The smallest absolute Gasteiger partial charge is 0.303 e. The summed E-state index contributed by atoms with van der Waals surface area (Å²) >= 11 is 0. The molecule has 4 N–H and O–H groups in total. The number of benzene rings is 2. The average Bonchev–Trinajstić information content (AvgIpc) is 3.33. The van der Waals surface area contributed by atoms with Crippen LogP contribution in [0.1, 0.15) is 28.9 Å². The minimum atomic E-state index is -0.958. The summed E-state index contributed by atoms with van der Waals surface area (Å²) in [5, 5.41) is 24.3. The van der Waals surface area contributed by atoms with Crippen LogP contribution in [-0.2, 0) is 16.0 Å². The van der Waals surface area contributed by atoms with Gasteiger partial charge < -0.3 is 15.7 Å². The van der Waals surface area contributed by atoms with Crippen LogP contribution >= 0.6 is 0 Å². The van der Waals surface area contributed by atoms with Gasteiger partial charge in [-0.3, -0.25) is 14.4 Å². The van der Waals surface area contributed by atoms with E-state index in [0.29, 0.717) is 0 Å². The van der Waals surface area contributed by atoms with Gasteiger partial charge in [0.15, 0.2) is 11.5 Å². The highest BCUT2D eigenvalue weighted by atomic mass is 16.4. The fraction of sp³-hybridized carbons (Fsp3) is 0.261. The number of ketones is 1. The van der Waals surface area contributed by atoms with Gasteiger partial charge in [-0.2, -0.15) is 15.4 Å². The second-order valence-electron chi connectivity index (χ2n) is 7.37. The Labute approximate surface area is 185 Å². The molecule has 1 atom stereocenters. The maximum absolute atomic E-state index is 12.4. The Balaban J connectivity index is 1.47. The summed E-state index contributed by atoms with van der Waals surface area (Å²) < 4.78 is 0. The van der Waals surface area contributed by atoms with Crippen molar-refractivity contribution < 1.29 is 19.5 Å². The minimum absolute atomic E-state index is 0.00252. The Kier molecular flexibility index (Phi) is 8.22. The van der Waals surface area contributed by atoms with E-state index in [0.717, 1.165) is 16.7 Å². The number of aliphatic carboxylic acids is 1. The van der Waals surface area contributed by atoms with Gasteiger partial charge in [0.05, 0.1) is 12.7 Å². The number of Topliss-reactive ketones (excluding diaryl/α,β-unsaturated/α-hetero) is 1. The number of aromatic amines is 1. The zero-order chi connectivity index (χ0) is 22.8. The highest BCUT2D eigenvalue weighted by Gasteiger charge is 2.17. The molecule has 9 heteroatoms. The van der Waals surface area contributed by atoms with Crippen molar-refractivity contribution in [3.05, 3.63) is 72.1 Å². The molecule has 1 aromatic heterocycles. The minimum Gasteiger partial charge on any atom is -0.481 e. The van der Waals surface area contributed by atoms with Crippen LogP contribution in [0.15, 0.2) is 60.8 Å². The van der Waals surface area contributed by atoms with Crippen LogP contribution in [0.2, 0.25) is 0 Å². The third-order valence-corrected chi connectivity index (χ3v) is 4.86. The maximum Gasteiger partial charge on any atom is 0.303 e. The van der Waals surface area contributed by atoms with Crippen LogP contribution in [0, 0.1) is 0 Å². The second-order valence-corrected chi connectivity index (χ2v) is 7.37. The van der Waals surface area contributed by atoms with Crippen molar-refractivity contribution in [2.24, 2.45) is 0 Å². The number of carbonyl (C=O) groups is 3. The first kappa shape index (κ1) is 22.8. The van der Waals surface area contributed by atoms with Gasteiger partial charge in [-0.1, -0.05) is 54.6 Å². The molecule has 166 valence electrons. The zero-order valence-electron chi connectivity index (χ0n) is 17.5. The molecule has 0 saturated carbocycles. The summed E-state index contributed by atoms with van der Waals surface area (Å²) in [6, 6.07) is 17.4. The molecule has 2 aromatic carbocycles. The van der Waals surface area contributed by atoms with Crippen molar-refractivity contribution >= 4 is 17.7 Å². The summed E-state index contributed by atoms with van der Waals surface area (Å²) in [5.41, 5.74) is 3.23. The van der Waals surface area contributed by atoms with Crippen LogP contribution in [0.4, 0.5) is 0 Å². The lowest BCUT2D eigenvalue weighted by molar-refractivity contribution is -0.137. The summed E-state index contributed by atoms with van der Waals surface area (Å²) in [6.45, 7) is 0.374. The molecule has 0 fully saturated rings. The number of aromatic nitrogens is 3. The van der Waals surface area contributed by atoms with Gasteiger partial charge in [0.1, 0.15) is 0 Å². The lowest BCUT2D eigenvalue weighted by atomic mass is 10.0. The van der Waals surface area contributed by atoms with Crippen molar-refractivity contribution in [2.75, 3.05) is 13.1 Å². The van der Waals surface area contributed by atoms with Crippen LogP contribution in [0.5, 0.6) is 0 Å². The van der Waals surface area contributed by atoms with E-state index >= 15 is 0 Å². The van der Waals surface area contributed by atoms with Crippen molar-refractivity contribution in [1.82, 2.24) is 26.0 Å². The normalized spacial score (nSPS) is 11.6. The van der Waals surface area contributed by atoms with Gasteiger partial charge in [-0.15, -0.1) is 0 Å². The van der Waals surface area contributed by atoms with Crippen LogP contribution < -0.4 is 10.6 Å². The summed E-state index contributed by atoms with van der Waals surface area (Å²) in [7, 11) is 0. The molecule has 3 aromatic rings. The molecule has 0 aliphatic rings. The summed E-state index contributed by atoms with van der Waals surface area (Å²) in [4.78, 5) is 35.4. The number of nitrogens with zero attached hydrogens (tertiary/aromatic N) is 2. The van der Waals surface area contributed by atoms with E-state index in [1.807, 2.05) is 54.6 Å². The Hall–Kier alpha value is -3.85. The SMILES string of the molecule is O=C(O)CC[C@H](CNCC(=O)Cc1ccc(-c2ccccc2)cc1)NC(=O)c1cn[nH]n1. The van der Waals surface area contributed by atoms with E-state index < -0.39 is 17.9 Å². The molecule has 3 rings (SSSR count). The Morgan fingerprint density at radius 1 is 1.00 bits per heavy atom. The van der Waals surface area contributed by atoms with Crippen molar-refractivity contribution in [1.29, 1.82) is 0 Å². The van der Waals surface area contributed by atoms with E-state index in [9.17, 15) is 14.4 Å². The number of H-pyrrole nitrogens is 1. The molecule has 0 unspecified atom stereocenters. The van der Waals surface area contributed by atoms with Gasteiger partial charge in [0.2, 0.25) is 0 Å². The van der Waals surface area contributed by atoms with E-state index in [-0.39, 0.29) is 43.8 Å². The van der Waals surface area contributed by atoms with E-state index in [1.54, 1.807) is 0 Å². The molecule has 0 spiro atoms. The Morgan fingerprint density at radius 3 is 2.38 bits per heavy atom. The number of carbonyl (C=O) groups excluding carboxylic acids is 2. The van der Waals surface area contributed by atoms with Crippen LogP contribution in [-0.4, -0.2) is 57.3 Å². The first-order valence-corrected chi connectivity index (χ1v) is 10.3. The first-order valence-electron chi connectivity index (χ1n) is 10.3. The Bertz CT molecular complexity index is 1020.